The van der Waals surface area contributed by atoms with E-state index in [0.29, 0.717) is 17.2 Å². The van der Waals surface area contributed by atoms with Crippen LogP contribution in [0.25, 0.3) is 11.0 Å². The summed E-state index contributed by atoms with van der Waals surface area (Å²) in [5, 5.41) is 8.08. The first-order valence-corrected chi connectivity index (χ1v) is 8.18. The van der Waals surface area contributed by atoms with E-state index in [2.05, 4.69) is 15.4 Å². The summed E-state index contributed by atoms with van der Waals surface area (Å²) in [5.41, 5.74) is 1.33. The molecule has 3 saturated heterocycles. The van der Waals surface area contributed by atoms with Crippen LogP contribution in [0.1, 0.15) is 36.2 Å². The molecule has 22 heavy (non-hydrogen) atoms. The molecule has 4 aliphatic rings. The van der Waals surface area contributed by atoms with Gasteiger partial charge in [-0.15, -0.1) is 0 Å². The van der Waals surface area contributed by atoms with Crippen LogP contribution in [-0.2, 0) is 0 Å². The van der Waals surface area contributed by atoms with Crippen molar-refractivity contribution in [2.45, 2.75) is 37.3 Å². The average molecular weight is 297 g/mol. The topological polar surface area (TPSA) is 58.4 Å². The van der Waals surface area contributed by atoms with Gasteiger partial charge in [0.05, 0.1) is 11.4 Å². The standard InChI is InChI=1S/C17H19N3O2/c21-16(14-12-3-1-2-4-13(12)22-19-14)18-15-11-5-9-20(10-6-11)17(15)7-8-17/h1-4,11,15H,5-10H2,(H,18,21). The monoisotopic (exact) mass is 297 g/mol. The van der Waals surface area contributed by atoms with Gasteiger partial charge < -0.3 is 9.84 Å². The van der Waals surface area contributed by atoms with Crippen molar-refractivity contribution in [3.8, 4) is 0 Å². The number of aromatic nitrogens is 1. The number of nitrogens with zero attached hydrogens (tertiary/aromatic N) is 2. The first-order valence-electron chi connectivity index (χ1n) is 8.18. The number of fused-ring (bicyclic) bond motifs is 3. The Kier molecular flexibility index (Phi) is 2.48. The van der Waals surface area contributed by atoms with Crippen LogP contribution in [0.2, 0.25) is 0 Å². The number of hydrogen-bond donors (Lipinski definition) is 1. The van der Waals surface area contributed by atoms with Crippen LogP contribution in [0, 0.1) is 5.92 Å². The Balaban J connectivity index is 1.45. The summed E-state index contributed by atoms with van der Waals surface area (Å²) in [5.74, 6) is 0.532. The number of carbonyl (C=O) groups is 1. The van der Waals surface area contributed by atoms with Crippen LogP contribution in [0.4, 0.5) is 0 Å². The summed E-state index contributed by atoms with van der Waals surface area (Å²) >= 11 is 0. The Labute approximate surface area is 128 Å². The molecule has 1 amide bonds. The Hall–Kier alpha value is -1.88. The molecule has 4 fully saturated rings. The molecule has 5 heteroatoms. The third-order valence-electron chi connectivity index (χ3n) is 5.86. The predicted octanol–water partition coefficient (Wildman–Crippen LogP) is 2.18. The zero-order chi connectivity index (χ0) is 14.7. The summed E-state index contributed by atoms with van der Waals surface area (Å²) in [7, 11) is 0. The second-order valence-electron chi connectivity index (χ2n) is 6.91. The van der Waals surface area contributed by atoms with Crippen LogP contribution in [-0.4, -0.2) is 40.6 Å². The van der Waals surface area contributed by atoms with E-state index in [9.17, 15) is 4.79 Å². The number of amides is 1. The summed E-state index contributed by atoms with van der Waals surface area (Å²) in [6.45, 7) is 2.40. The van der Waals surface area contributed by atoms with Crippen LogP contribution < -0.4 is 5.32 Å². The number of piperidine rings is 3. The third-order valence-corrected chi connectivity index (χ3v) is 5.86. The van der Waals surface area contributed by atoms with Crippen LogP contribution >= 0.6 is 0 Å². The third kappa shape index (κ3) is 1.63. The largest absolute Gasteiger partial charge is 0.355 e. The number of para-hydroxylation sites is 1. The van der Waals surface area contributed by atoms with E-state index in [1.807, 2.05) is 24.3 Å². The highest BCUT2D eigenvalue weighted by molar-refractivity contribution is 6.04. The van der Waals surface area contributed by atoms with Crippen molar-refractivity contribution in [2.75, 3.05) is 13.1 Å². The molecule has 1 aromatic heterocycles. The van der Waals surface area contributed by atoms with Crippen molar-refractivity contribution in [3.63, 3.8) is 0 Å². The number of benzene rings is 1. The molecule has 1 aromatic carbocycles. The molecule has 1 atom stereocenters. The van der Waals surface area contributed by atoms with Crippen LogP contribution in [0.3, 0.4) is 0 Å². The minimum atomic E-state index is -0.0880. The van der Waals surface area contributed by atoms with Gasteiger partial charge in [-0.25, -0.2) is 0 Å². The molecule has 2 bridgehead atoms. The van der Waals surface area contributed by atoms with Crippen molar-refractivity contribution in [2.24, 2.45) is 5.92 Å². The fourth-order valence-electron chi connectivity index (χ4n) is 4.58. The van der Waals surface area contributed by atoms with Gasteiger partial charge in [0.15, 0.2) is 11.3 Å². The average Bonchev–Trinajstić information content (AvgIpc) is 3.21. The van der Waals surface area contributed by atoms with Gasteiger partial charge in [-0.05, 0) is 56.8 Å². The summed E-state index contributed by atoms with van der Waals surface area (Å²) in [6, 6.07) is 7.81. The molecule has 1 saturated carbocycles. The van der Waals surface area contributed by atoms with Gasteiger partial charge in [-0.3, -0.25) is 9.69 Å². The predicted molar refractivity (Wildman–Crippen MR) is 81.5 cm³/mol. The first-order chi connectivity index (χ1) is 10.8. The molecule has 1 unspecified atom stereocenters. The molecule has 6 rings (SSSR count). The summed E-state index contributed by atoms with van der Waals surface area (Å²) in [6.07, 6.45) is 4.83. The van der Waals surface area contributed by atoms with Crippen LogP contribution in [0.5, 0.6) is 0 Å². The van der Waals surface area contributed by atoms with Crippen molar-refractivity contribution in [3.05, 3.63) is 30.0 Å². The summed E-state index contributed by atoms with van der Waals surface area (Å²) in [4.78, 5) is 15.3. The maximum Gasteiger partial charge on any atom is 0.274 e. The lowest BCUT2D eigenvalue weighted by atomic mass is 9.77. The Bertz CT molecular complexity index is 741. The molecular formula is C17H19N3O2. The Morgan fingerprint density at radius 3 is 2.82 bits per heavy atom. The van der Waals surface area contributed by atoms with E-state index in [1.165, 1.54) is 38.8 Å². The van der Waals surface area contributed by atoms with E-state index < -0.39 is 0 Å². The maximum absolute atomic E-state index is 12.7. The summed E-state index contributed by atoms with van der Waals surface area (Å²) < 4.78 is 5.27. The number of nitrogens with one attached hydrogen (secondary N) is 1. The Morgan fingerprint density at radius 1 is 1.27 bits per heavy atom. The zero-order valence-electron chi connectivity index (χ0n) is 12.4. The molecule has 5 nitrogen and oxygen atoms in total. The van der Waals surface area contributed by atoms with E-state index in [-0.39, 0.29) is 17.5 Å². The highest BCUT2D eigenvalue weighted by Gasteiger charge is 2.60. The van der Waals surface area contributed by atoms with E-state index >= 15 is 0 Å². The molecular weight excluding hydrogens is 278 g/mol. The molecule has 1 aliphatic carbocycles. The van der Waals surface area contributed by atoms with Crippen molar-refractivity contribution >= 4 is 16.9 Å². The lowest BCUT2D eigenvalue weighted by molar-refractivity contribution is -0.00155. The number of hydrogen-bond acceptors (Lipinski definition) is 4. The number of rotatable bonds is 2. The lowest BCUT2D eigenvalue weighted by Crippen LogP contribution is -2.65. The first kappa shape index (κ1) is 12.6. The van der Waals surface area contributed by atoms with Gasteiger partial charge in [-0.1, -0.05) is 17.3 Å². The quantitative estimate of drug-likeness (QED) is 0.923. The molecule has 1 spiro atoms. The van der Waals surface area contributed by atoms with E-state index in [0.717, 1.165) is 5.39 Å². The highest BCUT2D eigenvalue weighted by atomic mass is 16.5. The zero-order valence-corrected chi connectivity index (χ0v) is 12.4. The van der Waals surface area contributed by atoms with Gasteiger partial charge in [0, 0.05) is 5.54 Å². The maximum atomic E-state index is 12.7. The Morgan fingerprint density at radius 2 is 2.05 bits per heavy atom. The highest BCUT2D eigenvalue weighted by Crippen LogP contribution is 2.53. The van der Waals surface area contributed by atoms with Crippen LogP contribution in [0.15, 0.2) is 28.8 Å². The van der Waals surface area contributed by atoms with Gasteiger partial charge >= 0.3 is 0 Å². The molecule has 0 radical (unpaired) electrons. The molecule has 2 aromatic rings. The fourth-order valence-corrected chi connectivity index (χ4v) is 4.58. The second-order valence-corrected chi connectivity index (χ2v) is 6.91. The minimum Gasteiger partial charge on any atom is -0.355 e. The molecule has 1 N–H and O–H groups in total. The second kappa shape index (κ2) is 4.32. The normalized spacial score (nSPS) is 31.5. The molecule has 4 heterocycles. The van der Waals surface area contributed by atoms with Gasteiger partial charge in [0.2, 0.25) is 0 Å². The SMILES string of the molecule is O=C(NC1C2CCN(CC2)C12CC2)c1noc2ccccc12. The lowest BCUT2D eigenvalue weighted by Gasteiger charge is -2.52. The van der Waals surface area contributed by atoms with Crippen molar-refractivity contribution in [1.29, 1.82) is 0 Å². The minimum absolute atomic E-state index is 0.0880. The fraction of sp³-hybridized carbons (Fsp3) is 0.529. The van der Waals surface area contributed by atoms with Gasteiger partial charge in [0.1, 0.15) is 0 Å². The molecule has 114 valence electrons. The van der Waals surface area contributed by atoms with E-state index in [4.69, 9.17) is 4.52 Å². The number of carbonyl (C=O) groups excluding carboxylic acids is 1. The van der Waals surface area contributed by atoms with Crippen molar-refractivity contribution in [1.82, 2.24) is 15.4 Å². The van der Waals surface area contributed by atoms with Gasteiger partial charge in [-0.2, -0.15) is 0 Å². The smallest absolute Gasteiger partial charge is 0.274 e. The molecule has 3 aliphatic heterocycles. The van der Waals surface area contributed by atoms with E-state index in [1.54, 1.807) is 0 Å². The van der Waals surface area contributed by atoms with Gasteiger partial charge in [0.25, 0.3) is 5.91 Å². The van der Waals surface area contributed by atoms with Crippen molar-refractivity contribution < 1.29 is 9.32 Å².